The third-order valence-corrected chi connectivity index (χ3v) is 2.16. The lowest BCUT2D eigenvalue weighted by Gasteiger charge is -2.02. The molecule has 0 aliphatic carbocycles. The number of aromatic hydroxyl groups is 1. The van der Waals surface area contributed by atoms with Gasteiger partial charge in [-0.3, -0.25) is 0 Å². The number of thiocarbonyl (C=S) groups is 1. The summed E-state index contributed by atoms with van der Waals surface area (Å²) in [4.78, 5) is 0. The number of methoxy groups -OCH3 is 1. The zero-order chi connectivity index (χ0) is 12.0. The Balaban J connectivity index is 2.70. The van der Waals surface area contributed by atoms with E-state index >= 15 is 0 Å². The molecule has 4 N–H and O–H groups in total. The van der Waals surface area contributed by atoms with Crippen molar-refractivity contribution < 1.29 is 14.9 Å². The maximum absolute atomic E-state index is 9.38. The van der Waals surface area contributed by atoms with Crippen LogP contribution in [0.3, 0.4) is 0 Å². The fraction of sp³-hybridized carbons (Fsp3) is 0.200. The van der Waals surface area contributed by atoms with Gasteiger partial charge in [0, 0.05) is 12.6 Å². The number of nitrogens with one attached hydrogen (secondary N) is 3. The molecule has 5 nitrogen and oxygen atoms in total. The second kappa shape index (κ2) is 5.92. The van der Waals surface area contributed by atoms with Crippen LogP contribution in [0.2, 0.25) is 0 Å². The van der Waals surface area contributed by atoms with Crippen molar-refractivity contribution in [2.75, 3.05) is 14.2 Å². The highest BCUT2D eigenvalue weighted by molar-refractivity contribution is 7.80. The largest absolute Gasteiger partial charge is 0.504 e. The van der Waals surface area contributed by atoms with Crippen LogP contribution in [-0.4, -0.2) is 30.6 Å². The number of benzene rings is 1. The van der Waals surface area contributed by atoms with E-state index in [2.05, 4.69) is 15.8 Å². The Morgan fingerprint density at radius 2 is 2.31 bits per heavy atom. The summed E-state index contributed by atoms with van der Waals surface area (Å²) in [6.07, 6.45) is 1.70. The second-order valence-corrected chi connectivity index (χ2v) is 3.33. The first-order valence-corrected chi connectivity index (χ1v) is 5.01. The van der Waals surface area contributed by atoms with Crippen LogP contribution in [-0.2, 0) is 0 Å². The van der Waals surface area contributed by atoms with E-state index in [-0.39, 0.29) is 5.75 Å². The molecule has 1 aromatic rings. The van der Waals surface area contributed by atoms with Gasteiger partial charge in [-0.1, -0.05) is 0 Å². The van der Waals surface area contributed by atoms with Crippen LogP contribution < -0.4 is 20.6 Å². The number of ether oxygens (including phenoxy) is 1. The Morgan fingerprint density at radius 1 is 1.56 bits per heavy atom. The molecule has 0 aliphatic heterocycles. The Kier molecular flexibility index (Phi) is 4.53. The van der Waals surface area contributed by atoms with E-state index < -0.39 is 0 Å². The minimum atomic E-state index is 0.110. The van der Waals surface area contributed by atoms with Crippen LogP contribution >= 0.6 is 12.2 Å². The molecule has 0 radical (unpaired) electrons. The smallest absolute Gasteiger partial charge is 0.223 e. The molecule has 1 rings (SSSR count). The molecule has 86 valence electrons. The van der Waals surface area contributed by atoms with E-state index in [1.165, 1.54) is 7.11 Å². The number of hydrogen-bond acceptors (Lipinski definition) is 3. The van der Waals surface area contributed by atoms with Crippen molar-refractivity contribution in [2.45, 2.75) is 0 Å². The maximum Gasteiger partial charge on any atom is 0.223 e. The van der Waals surface area contributed by atoms with Gasteiger partial charge in [-0.25, -0.2) is 0 Å². The zero-order valence-electron chi connectivity index (χ0n) is 9.07. The highest BCUT2D eigenvalue weighted by Crippen LogP contribution is 2.25. The molecular weight excluding hydrogens is 226 g/mol. The van der Waals surface area contributed by atoms with Crippen LogP contribution in [0.4, 0.5) is 0 Å². The van der Waals surface area contributed by atoms with Crippen LogP contribution in [0.25, 0.3) is 0 Å². The molecule has 0 bridgehead atoms. The van der Waals surface area contributed by atoms with Crippen LogP contribution in [0.15, 0.2) is 18.2 Å². The average Bonchev–Trinajstić information content (AvgIpc) is 2.31. The number of rotatable bonds is 3. The normalized spacial score (nSPS) is 10.1. The van der Waals surface area contributed by atoms with Crippen molar-refractivity contribution in [1.29, 1.82) is 0 Å². The molecule has 0 unspecified atom stereocenters. The second-order valence-electron chi connectivity index (χ2n) is 2.92. The highest BCUT2D eigenvalue weighted by Gasteiger charge is 2.02. The van der Waals surface area contributed by atoms with Crippen LogP contribution in [0, 0.1) is 0 Å². The molecule has 0 fully saturated rings. The standard InChI is InChI=1S/C10H13N3O2S/c1-11-10(16)13-12-6-7-3-4-8(14)9(5-7)15-2/h3-6,14H,1-2H3,(H2,11,13,16)/p+1/b12-6+. The Morgan fingerprint density at radius 3 is 2.94 bits per heavy atom. The topological polar surface area (TPSA) is 67.5 Å². The molecule has 0 saturated carbocycles. The lowest BCUT2D eigenvalue weighted by molar-refractivity contribution is -0.500. The van der Waals surface area contributed by atoms with Crippen molar-refractivity contribution in [2.24, 2.45) is 0 Å². The van der Waals surface area contributed by atoms with Crippen molar-refractivity contribution in [3.05, 3.63) is 23.8 Å². The van der Waals surface area contributed by atoms with Gasteiger partial charge in [-0.15, -0.1) is 10.5 Å². The number of phenols is 1. The first kappa shape index (κ1) is 12.3. The lowest BCUT2D eigenvalue weighted by Crippen LogP contribution is -2.82. The van der Waals surface area contributed by atoms with E-state index in [1.807, 2.05) is 0 Å². The van der Waals surface area contributed by atoms with E-state index in [0.29, 0.717) is 10.9 Å². The molecule has 0 spiro atoms. The third kappa shape index (κ3) is 3.39. The SMILES string of the molecule is CNC(=S)N/[NH+]=C/c1ccc(O)c(OC)c1. The van der Waals surface area contributed by atoms with Crippen molar-refractivity contribution in [3.63, 3.8) is 0 Å². The van der Waals surface area contributed by atoms with Gasteiger partial charge in [-0.05, 0) is 30.4 Å². The number of hydrogen-bond donors (Lipinski definition) is 4. The van der Waals surface area contributed by atoms with E-state index in [4.69, 9.17) is 17.0 Å². The molecular formula is C10H14N3O2S+. The van der Waals surface area contributed by atoms with Gasteiger partial charge in [-0.2, -0.15) is 0 Å². The predicted octanol–water partition coefficient (Wildman–Crippen LogP) is -1.09. The van der Waals surface area contributed by atoms with Gasteiger partial charge >= 0.3 is 0 Å². The first-order valence-electron chi connectivity index (χ1n) is 4.61. The molecule has 0 amide bonds. The van der Waals surface area contributed by atoms with Crippen molar-refractivity contribution in [1.82, 2.24) is 10.7 Å². The number of phenolic OH excluding ortho intramolecular Hbond substituents is 1. The van der Waals surface area contributed by atoms with Gasteiger partial charge in [0.05, 0.1) is 7.11 Å². The van der Waals surface area contributed by atoms with Crippen molar-refractivity contribution >= 4 is 23.5 Å². The summed E-state index contributed by atoms with van der Waals surface area (Å²) in [5, 5.41) is 15.4. The summed E-state index contributed by atoms with van der Waals surface area (Å²) in [6.45, 7) is 0. The molecule has 1 aromatic carbocycles. The van der Waals surface area contributed by atoms with Gasteiger partial charge < -0.3 is 15.2 Å². The van der Waals surface area contributed by atoms with E-state index in [0.717, 1.165) is 5.56 Å². The molecule has 16 heavy (non-hydrogen) atoms. The summed E-state index contributed by atoms with van der Waals surface area (Å²) in [5.41, 5.74) is 3.59. The summed E-state index contributed by atoms with van der Waals surface area (Å²) >= 11 is 4.87. The Labute approximate surface area is 99.1 Å². The molecule has 0 saturated heterocycles. The minimum absolute atomic E-state index is 0.110. The quantitative estimate of drug-likeness (QED) is 0.307. The zero-order valence-corrected chi connectivity index (χ0v) is 9.89. The third-order valence-electron chi connectivity index (χ3n) is 1.86. The highest BCUT2D eigenvalue weighted by atomic mass is 32.1. The van der Waals surface area contributed by atoms with E-state index in [1.54, 1.807) is 31.5 Å². The molecule has 0 atom stereocenters. The summed E-state index contributed by atoms with van der Waals surface area (Å²) in [5.74, 6) is 0.532. The first-order chi connectivity index (χ1) is 7.67. The molecule has 6 heteroatoms. The van der Waals surface area contributed by atoms with Gasteiger partial charge in [0.15, 0.2) is 17.7 Å². The monoisotopic (exact) mass is 240 g/mol. The summed E-state index contributed by atoms with van der Waals surface area (Å²) in [7, 11) is 3.22. The summed E-state index contributed by atoms with van der Waals surface area (Å²) in [6, 6.07) is 5.00. The van der Waals surface area contributed by atoms with Crippen LogP contribution in [0.1, 0.15) is 5.56 Å². The molecule has 0 heterocycles. The van der Waals surface area contributed by atoms with Gasteiger partial charge in [0.1, 0.15) is 0 Å². The predicted molar refractivity (Wildman–Crippen MR) is 65.6 cm³/mol. The fourth-order valence-corrected chi connectivity index (χ4v) is 1.09. The fourth-order valence-electron chi connectivity index (χ4n) is 1.03. The Bertz CT molecular complexity index is 407. The number of hydrazine groups is 1. The van der Waals surface area contributed by atoms with E-state index in [9.17, 15) is 5.11 Å². The maximum atomic E-state index is 9.38. The summed E-state index contributed by atoms with van der Waals surface area (Å²) < 4.78 is 4.98. The van der Waals surface area contributed by atoms with Crippen LogP contribution in [0.5, 0.6) is 11.5 Å². The number of hydrazone groups is 1. The molecule has 0 aliphatic rings. The molecule has 0 aromatic heterocycles. The Hall–Kier alpha value is -1.82. The van der Waals surface area contributed by atoms with Gasteiger partial charge in [0.25, 0.3) is 0 Å². The average molecular weight is 240 g/mol. The minimum Gasteiger partial charge on any atom is -0.504 e. The van der Waals surface area contributed by atoms with Gasteiger partial charge in [0.2, 0.25) is 5.11 Å². The van der Waals surface area contributed by atoms with Crippen molar-refractivity contribution in [3.8, 4) is 11.5 Å². The lowest BCUT2D eigenvalue weighted by atomic mass is 10.2.